The van der Waals surface area contributed by atoms with Gasteiger partial charge in [0.05, 0.1) is 11.3 Å². The SMILES string of the molecule is CN1CC2(CCC[C@H]2N2CCc3cc(C(=O)NO)cnc3C2)C1. The molecule has 2 N–H and O–H groups in total. The Labute approximate surface area is 136 Å². The van der Waals surface area contributed by atoms with E-state index in [-0.39, 0.29) is 0 Å². The highest BCUT2D eigenvalue weighted by atomic mass is 16.5. The Balaban J connectivity index is 1.52. The lowest BCUT2D eigenvalue weighted by molar-refractivity contribution is -0.0422. The number of hydrogen-bond acceptors (Lipinski definition) is 5. The zero-order valence-electron chi connectivity index (χ0n) is 13.6. The van der Waals surface area contributed by atoms with Gasteiger partial charge in [-0.3, -0.25) is 19.9 Å². The van der Waals surface area contributed by atoms with Crippen molar-refractivity contribution < 1.29 is 10.0 Å². The van der Waals surface area contributed by atoms with Crippen molar-refractivity contribution in [2.75, 3.05) is 26.7 Å². The van der Waals surface area contributed by atoms with E-state index in [1.807, 2.05) is 6.07 Å². The molecule has 1 atom stereocenters. The molecule has 2 fully saturated rings. The van der Waals surface area contributed by atoms with Gasteiger partial charge in [-0.05, 0) is 37.9 Å². The summed E-state index contributed by atoms with van der Waals surface area (Å²) in [5.74, 6) is -0.491. The molecule has 1 saturated carbocycles. The van der Waals surface area contributed by atoms with E-state index in [9.17, 15) is 4.79 Å². The molecular formula is C17H24N4O2. The largest absolute Gasteiger partial charge is 0.305 e. The summed E-state index contributed by atoms with van der Waals surface area (Å²) in [6, 6.07) is 2.54. The van der Waals surface area contributed by atoms with Crippen LogP contribution in [0.3, 0.4) is 0 Å². The van der Waals surface area contributed by atoms with Crippen molar-refractivity contribution in [3.63, 3.8) is 0 Å². The Bertz CT molecular complexity index is 627. The van der Waals surface area contributed by atoms with E-state index in [2.05, 4.69) is 21.8 Å². The first-order valence-corrected chi connectivity index (χ1v) is 8.46. The van der Waals surface area contributed by atoms with Crippen molar-refractivity contribution in [2.24, 2.45) is 5.41 Å². The summed E-state index contributed by atoms with van der Waals surface area (Å²) in [5, 5.41) is 8.75. The van der Waals surface area contributed by atoms with Crippen LogP contribution in [-0.2, 0) is 13.0 Å². The van der Waals surface area contributed by atoms with Crippen LogP contribution < -0.4 is 5.48 Å². The van der Waals surface area contributed by atoms with Crippen LogP contribution in [0.2, 0.25) is 0 Å². The molecule has 1 amide bonds. The van der Waals surface area contributed by atoms with Gasteiger partial charge in [-0.1, -0.05) is 6.42 Å². The van der Waals surface area contributed by atoms with Gasteiger partial charge in [0.2, 0.25) is 0 Å². The normalized spacial score (nSPS) is 26.8. The Morgan fingerprint density at radius 2 is 2.30 bits per heavy atom. The van der Waals surface area contributed by atoms with Gasteiger partial charge in [0.15, 0.2) is 0 Å². The average Bonchev–Trinajstić information content (AvgIpc) is 2.97. The summed E-state index contributed by atoms with van der Waals surface area (Å²) in [7, 11) is 2.21. The first kappa shape index (κ1) is 15.1. The molecule has 1 saturated heterocycles. The lowest BCUT2D eigenvalue weighted by atomic mass is 9.74. The van der Waals surface area contributed by atoms with E-state index in [0.29, 0.717) is 17.0 Å². The average molecular weight is 316 g/mol. The minimum Gasteiger partial charge on any atom is -0.305 e. The zero-order valence-corrected chi connectivity index (χ0v) is 13.6. The van der Waals surface area contributed by atoms with Crippen molar-refractivity contribution in [3.05, 3.63) is 29.1 Å². The van der Waals surface area contributed by atoms with Crippen LogP contribution in [0.25, 0.3) is 0 Å². The van der Waals surface area contributed by atoms with Crippen molar-refractivity contribution >= 4 is 5.91 Å². The van der Waals surface area contributed by atoms with Crippen LogP contribution >= 0.6 is 0 Å². The summed E-state index contributed by atoms with van der Waals surface area (Å²) in [5.41, 5.74) is 4.83. The van der Waals surface area contributed by atoms with Crippen molar-refractivity contribution in [1.82, 2.24) is 20.3 Å². The first-order valence-electron chi connectivity index (χ1n) is 8.46. The number of carbonyl (C=O) groups excluding carboxylic acids is 1. The van der Waals surface area contributed by atoms with Gasteiger partial charge in [0, 0.05) is 43.8 Å². The number of nitrogens with one attached hydrogen (secondary N) is 1. The standard InChI is InChI=1S/C17H24N4O2/c1-20-10-17(11-20)5-2-3-15(17)21-6-4-12-7-13(16(22)19-23)8-18-14(12)9-21/h7-8,15,23H,2-6,9-11H2,1H3,(H,19,22)/t15-/m1/s1. The molecule has 0 bridgehead atoms. The number of nitrogens with zero attached hydrogens (tertiary/aromatic N) is 3. The maximum absolute atomic E-state index is 11.5. The van der Waals surface area contributed by atoms with Gasteiger partial charge in [-0.2, -0.15) is 0 Å². The second-order valence-electron chi connectivity index (χ2n) is 7.43. The van der Waals surface area contributed by atoms with Crippen LogP contribution in [0.4, 0.5) is 0 Å². The van der Waals surface area contributed by atoms with E-state index in [4.69, 9.17) is 5.21 Å². The van der Waals surface area contributed by atoms with E-state index >= 15 is 0 Å². The van der Waals surface area contributed by atoms with Crippen LogP contribution in [0.1, 0.15) is 40.9 Å². The molecule has 1 aliphatic carbocycles. The smallest absolute Gasteiger partial charge is 0.276 e. The number of aromatic nitrogens is 1. The molecule has 3 heterocycles. The lowest BCUT2D eigenvalue weighted by Crippen LogP contribution is -2.62. The third kappa shape index (κ3) is 2.45. The molecule has 4 rings (SSSR count). The molecule has 6 nitrogen and oxygen atoms in total. The molecule has 3 aliphatic rings. The fourth-order valence-corrected chi connectivity index (χ4v) is 4.98. The number of amides is 1. The predicted octanol–water partition coefficient (Wildman–Crippen LogP) is 1.04. The topological polar surface area (TPSA) is 68.7 Å². The summed E-state index contributed by atoms with van der Waals surface area (Å²) in [6.45, 7) is 4.37. The van der Waals surface area contributed by atoms with Crippen LogP contribution in [-0.4, -0.2) is 58.6 Å². The van der Waals surface area contributed by atoms with E-state index in [0.717, 1.165) is 30.8 Å². The van der Waals surface area contributed by atoms with Crippen LogP contribution in [0.5, 0.6) is 0 Å². The molecule has 23 heavy (non-hydrogen) atoms. The first-order chi connectivity index (χ1) is 11.1. The highest BCUT2D eigenvalue weighted by molar-refractivity contribution is 5.93. The maximum atomic E-state index is 11.5. The van der Waals surface area contributed by atoms with Gasteiger partial charge in [-0.25, -0.2) is 5.48 Å². The highest BCUT2D eigenvalue weighted by Gasteiger charge is 2.52. The Hall–Kier alpha value is -1.50. The Morgan fingerprint density at radius 1 is 1.48 bits per heavy atom. The molecule has 6 heteroatoms. The molecule has 1 spiro atoms. The van der Waals surface area contributed by atoms with E-state index in [1.54, 1.807) is 11.7 Å². The van der Waals surface area contributed by atoms with Crippen molar-refractivity contribution in [3.8, 4) is 0 Å². The zero-order chi connectivity index (χ0) is 16.0. The molecule has 2 aliphatic heterocycles. The molecule has 1 aromatic rings. The van der Waals surface area contributed by atoms with Gasteiger partial charge in [-0.15, -0.1) is 0 Å². The Kier molecular flexibility index (Phi) is 3.63. The number of carbonyl (C=O) groups is 1. The van der Waals surface area contributed by atoms with Crippen molar-refractivity contribution in [2.45, 2.75) is 38.3 Å². The van der Waals surface area contributed by atoms with Gasteiger partial charge >= 0.3 is 0 Å². The molecule has 1 aromatic heterocycles. The number of hydrogen-bond donors (Lipinski definition) is 2. The molecule has 0 radical (unpaired) electrons. The third-order valence-electron chi connectivity index (χ3n) is 5.91. The fraction of sp³-hybridized carbons (Fsp3) is 0.647. The second-order valence-corrected chi connectivity index (χ2v) is 7.43. The molecule has 0 unspecified atom stereocenters. The van der Waals surface area contributed by atoms with E-state index < -0.39 is 5.91 Å². The fourth-order valence-electron chi connectivity index (χ4n) is 4.98. The quantitative estimate of drug-likeness (QED) is 0.630. The summed E-state index contributed by atoms with van der Waals surface area (Å²) < 4.78 is 0. The molecular weight excluding hydrogens is 292 g/mol. The summed E-state index contributed by atoms with van der Waals surface area (Å²) in [6.07, 6.45) is 6.49. The maximum Gasteiger partial charge on any atom is 0.276 e. The van der Waals surface area contributed by atoms with E-state index in [1.165, 1.54) is 32.4 Å². The second kappa shape index (κ2) is 5.54. The third-order valence-corrected chi connectivity index (χ3v) is 5.91. The van der Waals surface area contributed by atoms with Crippen LogP contribution in [0.15, 0.2) is 12.3 Å². The number of hydroxylamine groups is 1. The number of rotatable bonds is 2. The molecule has 124 valence electrons. The van der Waals surface area contributed by atoms with Gasteiger partial charge in [0.1, 0.15) is 0 Å². The summed E-state index contributed by atoms with van der Waals surface area (Å²) in [4.78, 5) is 21.0. The number of pyridine rings is 1. The minimum absolute atomic E-state index is 0.428. The minimum atomic E-state index is -0.491. The van der Waals surface area contributed by atoms with Gasteiger partial charge < -0.3 is 4.90 Å². The van der Waals surface area contributed by atoms with Crippen LogP contribution in [0, 0.1) is 5.41 Å². The highest BCUT2D eigenvalue weighted by Crippen LogP contribution is 2.48. The van der Waals surface area contributed by atoms with Crippen molar-refractivity contribution in [1.29, 1.82) is 0 Å². The molecule has 0 aromatic carbocycles. The predicted molar refractivity (Wildman–Crippen MR) is 85.2 cm³/mol. The lowest BCUT2D eigenvalue weighted by Gasteiger charge is -2.53. The summed E-state index contributed by atoms with van der Waals surface area (Å²) >= 11 is 0. The number of fused-ring (bicyclic) bond motifs is 1. The van der Waals surface area contributed by atoms with Gasteiger partial charge in [0.25, 0.3) is 5.91 Å². The number of likely N-dealkylation sites (tertiary alicyclic amines) is 1. The monoisotopic (exact) mass is 316 g/mol. The Morgan fingerprint density at radius 3 is 3.04 bits per heavy atom.